The van der Waals surface area contributed by atoms with E-state index in [-0.39, 0.29) is 0 Å². The number of Topliss-reactive ketones (excluding diaryl/α,β-unsaturated/α-hetero) is 1. The maximum Gasteiger partial charge on any atom is 0.376 e. The van der Waals surface area contributed by atoms with Gasteiger partial charge in [-0.25, -0.2) is 4.79 Å². The number of esters is 1. The molecule has 1 rings (SSSR count). The molecule has 18 heavy (non-hydrogen) atoms. The van der Waals surface area contributed by atoms with Crippen molar-refractivity contribution in [2.45, 2.75) is 12.8 Å². The van der Waals surface area contributed by atoms with Gasteiger partial charge in [-0.3, -0.25) is 4.79 Å². The molecule has 0 amide bonds. The van der Waals surface area contributed by atoms with Crippen LogP contribution >= 0.6 is 0 Å². The maximum atomic E-state index is 11.6. The number of hydrogen-bond donors (Lipinski definition) is 0. The van der Waals surface area contributed by atoms with Gasteiger partial charge in [0.1, 0.15) is 11.7 Å². The van der Waals surface area contributed by atoms with Crippen LogP contribution < -0.4 is 4.74 Å². The van der Waals surface area contributed by atoms with E-state index in [1.807, 2.05) is 6.92 Å². The van der Waals surface area contributed by atoms with Crippen LogP contribution in [0.3, 0.4) is 0 Å². The molecule has 0 aliphatic carbocycles. The van der Waals surface area contributed by atoms with Crippen molar-refractivity contribution in [2.24, 2.45) is 0 Å². The average molecular weight is 247 g/mol. The molecular weight excluding hydrogens is 234 g/mol. The Bertz CT molecular complexity index is 473. The molecule has 0 radical (unpaired) electrons. The topological polar surface area (TPSA) is 76.4 Å². The lowest BCUT2D eigenvalue weighted by atomic mass is 9.96. The van der Waals surface area contributed by atoms with Crippen molar-refractivity contribution >= 4 is 11.8 Å². The van der Waals surface area contributed by atoms with E-state index >= 15 is 0 Å². The van der Waals surface area contributed by atoms with Crippen LogP contribution in [0.15, 0.2) is 24.3 Å². The van der Waals surface area contributed by atoms with Crippen LogP contribution in [0.4, 0.5) is 0 Å². The number of nitrogens with zero attached hydrogens (tertiary/aromatic N) is 1. The summed E-state index contributed by atoms with van der Waals surface area (Å²) in [4.78, 5) is 22.7. The molecule has 0 aliphatic heterocycles. The molecule has 5 heteroatoms. The number of nitriles is 1. The van der Waals surface area contributed by atoms with E-state index in [9.17, 15) is 9.59 Å². The first-order valence-electron chi connectivity index (χ1n) is 5.38. The molecule has 0 spiro atoms. The molecule has 0 N–H and O–H groups in total. The predicted octanol–water partition coefficient (Wildman–Crippen LogP) is 1.43. The van der Waals surface area contributed by atoms with E-state index in [0.717, 1.165) is 7.11 Å². The Kier molecular flexibility index (Phi) is 4.88. The number of rotatable bonds is 5. The van der Waals surface area contributed by atoms with Crippen molar-refractivity contribution in [1.29, 1.82) is 5.26 Å². The van der Waals surface area contributed by atoms with Crippen molar-refractivity contribution in [3.8, 4) is 11.8 Å². The molecule has 1 atom stereocenters. The van der Waals surface area contributed by atoms with Gasteiger partial charge >= 0.3 is 5.97 Å². The highest BCUT2D eigenvalue weighted by atomic mass is 16.5. The highest BCUT2D eigenvalue weighted by Crippen LogP contribution is 2.20. The molecule has 0 fully saturated rings. The van der Waals surface area contributed by atoms with Crippen molar-refractivity contribution in [2.75, 3.05) is 13.7 Å². The van der Waals surface area contributed by atoms with Crippen LogP contribution in [0, 0.1) is 11.3 Å². The fourth-order valence-electron chi connectivity index (χ4n) is 1.43. The molecule has 1 unspecified atom stereocenters. The Balaban J connectivity index is 2.93. The van der Waals surface area contributed by atoms with E-state index in [0.29, 0.717) is 17.9 Å². The molecule has 0 aromatic heterocycles. The number of hydrogen-bond acceptors (Lipinski definition) is 5. The minimum absolute atomic E-state index is 0.441. The highest BCUT2D eigenvalue weighted by Gasteiger charge is 2.27. The minimum Gasteiger partial charge on any atom is -0.494 e. The number of benzene rings is 1. The first kappa shape index (κ1) is 13.7. The SMILES string of the molecule is CCOc1ccc(C(C#N)C(=O)C(=O)OC)cc1. The summed E-state index contributed by atoms with van der Waals surface area (Å²) in [5.74, 6) is -2.39. The van der Waals surface area contributed by atoms with Crippen LogP contribution in [0.1, 0.15) is 18.4 Å². The van der Waals surface area contributed by atoms with Gasteiger partial charge in [0.25, 0.3) is 5.78 Å². The highest BCUT2D eigenvalue weighted by molar-refractivity contribution is 6.36. The molecule has 94 valence electrons. The monoisotopic (exact) mass is 247 g/mol. The second-order valence-electron chi connectivity index (χ2n) is 3.42. The largest absolute Gasteiger partial charge is 0.494 e. The number of methoxy groups -OCH3 is 1. The van der Waals surface area contributed by atoms with Crippen LogP contribution in [0.5, 0.6) is 5.75 Å². The zero-order valence-electron chi connectivity index (χ0n) is 10.2. The smallest absolute Gasteiger partial charge is 0.376 e. The van der Waals surface area contributed by atoms with Crippen LogP contribution in [-0.4, -0.2) is 25.5 Å². The Labute approximate surface area is 105 Å². The van der Waals surface area contributed by atoms with Gasteiger partial charge in [-0.2, -0.15) is 5.26 Å². The van der Waals surface area contributed by atoms with E-state index in [4.69, 9.17) is 10.00 Å². The Morgan fingerprint density at radius 3 is 2.39 bits per heavy atom. The molecule has 5 nitrogen and oxygen atoms in total. The van der Waals surface area contributed by atoms with Gasteiger partial charge in [-0.05, 0) is 24.6 Å². The fourth-order valence-corrected chi connectivity index (χ4v) is 1.43. The summed E-state index contributed by atoms with van der Waals surface area (Å²) in [7, 11) is 1.10. The van der Waals surface area contributed by atoms with Gasteiger partial charge < -0.3 is 9.47 Å². The molecule has 0 aliphatic rings. The van der Waals surface area contributed by atoms with E-state index in [1.54, 1.807) is 30.3 Å². The summed E-state index contributed by atoms with van der Waals surface area (Å²) < 4.78 is 9.56. The second-order valence-corrected chi connectivity index (χ2v) is 3.42. The Morgan fingerprint density at radius 1 is 1.33 bits per heavy atom. The first-order valence-corrected chi connectivity index (χ1v) is 5.38. The molecule has 0 bridgehead atoms. The standard InChI is InChI=1S/C13H13NO4/c1-3-18-10-6-4-9(5-7-10)11(8-14)12(15)13(16)17-2/h4-7,11H,3H2,1-2H3. The summed E-state index contributed by atoms with van der Waals surface area (Å²) in [6, 6.07) is 8.25. The molecule has 0 heterocycles. The normalized spacial score (nSPS) is 11.2. The molecular formula is C13H13NO4. The minimum atomic E-state index is -1.15. The van der Waals surface area contributed by atoms with Gasteiger partial charge in [0.15, 0.2) is 0 Å². The van der Waals surface area contributed by atoms with Crippen molar-refractivity contribution in [3.63, 3.8) is 0 Å². The van der Waals surface area contributed by atoms with E-state index in [2.05, 4.69) is 4.74 Å². The van der Waals surface area contributed by atoms with Crippen LogP contribution in [-0.2, 0) is 14.3 Å². The summed E-state index contributed by atoms with van der Waals surface area (Å²) in [5, 5.41) is 8.96. The fraction of sp³-hybridized carbons (Fsp3) is 0.308. The zero-order valence-corrected chi connectivity index (χ0v) is 10.2. The quantitative estimate of drug-likeness (QED) is 0.581. The molecule has 1 aromatic carbocycles. The van der Waals surface area contributed by atoms with Crippen LogP contribution in [0.2, 0.25) is 0 Å². The number of carbonyl (C=O) groups excluding carboxylic acids is 2. The second kappa shape index (κ2) is 6.40. The maximum absolute atomic E-state index is 11.6. The van der Waals surface area contributed by atoms with E-state index in [1.165, 1.54) is 0 Å². The summed E-state index contributed by atoms with van der Waals surface area (Å²) in [5.41, 5.74) is 0.441. The predicted molar refractivity (Wildman–Crippen MR) is 63.0 cm³/mol. The van der Waals surface area contributed by atoms with Gasteiger partial charge in [-0.15, -0.1) is 0 Å². The third-order valence-corrected chi connectivity index (χ3v) is 2.30. The van der Waals surface area contributed by atoms with Crippen molar-refractivity contribution < 1.29 is 19.1 Å². The lowest BCUT2D eigenvalue weighted by Crippen LogP contribution is -2.22. The third kappa shape index (κ3) is 3.08. The van der Waals surface area contributed by atoms with Gasteiger partial charge in [0.2, 0.25) is 0 Å². The Hall–Kier alpha value is -2.35. The van der Waals surface area contributed by atoms with Crippen molar-refractivity contribution in [3.05, 3.63) is 29.8 Å². The lowest BCUT2D eigenvalue weighted by molar-refractivity contribution is -0.151. The molecule has 0 saturated carbocycles. The van der Waals surface area contributed by atoms with Gasteiger partial charge in [-0.1, -0.05) is 12.1 Å². The zero-order chi connectivity index (χ0) is 13.5. The number of ketones is 1. The number of carbonyl (C=O) groups is 2. The molecule has 1 aromatic rings. The first-order chi connectivity index (χ1) is 8.63. The van der Waals surface area contributed by atoms with Crippen molar-refractivity contribution in [1.82, 2.24) is 0 Å². The lowest BCUT2D eigenvalue weighted by Gasteiger charge is -2.08. The van der Waals surface area contributed by atoms with E-state index < -0.39 is 17.7 Å². The van der Waals surface area contributed by atoms with Gasteiger partial charge in [0.05, 0.1) is 19.8 Å². The third-order valence-electron chi connectivity index (χ3n) is 2.30. The number of ether oxygens (including phenoxy) is 2. The van der Waals surface area contributed by atoms with Crippen LogP contribution in [0.25, 0.3) is 0 Å². The Morgan fingerprint density at radius 2 is 1.94 bits per heavy atom. The molecule has 0 saturated heterocycles. The summed E-state index contributed by atoms with van der Waals surface area (Å²) in [6.07, 6.45) is 0. The summed E-state index contributed by atoms with van der Waals surface area (Å²) >= 11 is 0. The average Bonchev–Trinajstić information content (AvgIpc) is 2.40. The summed E-state index contributed by atoms with van der Waals surface area (Å²) in [6.45, 7) is 2.38. The van der Waals surface area contributed by atoms with Gasteiger partial charge in [0, 0.05) is 0 Å².